The Labute approximate surface area is 183 Å². The molecule has 31 heavy (non-hydrogen) atoms. The van der Waals surface area contributed by atoms with E-state index in [9.17, 15) is 18.0 Å². The maximum atomic E-state index is 13.0. The zero-order chi connectivity index (χ0) is 22.4. The average molecular weight is 444 g/mol. The van der Waals surface area contributed by atoms with Crippen molar-refractivity contribution in [1.82, 2.24) is 10.2 Å². The van der Waals surface area contributed by atoms with E-state index in [1.807, 2.05) is 19.9 Å². The van der Waals surface area contributed by atoms with Gasteiger partial charge in [0.1, 0.15) is 0 Å². The average Bonchev–Trinajstić information content (AvgIpc) is 2.77. The van der Waals surface area contributed by atoms with Gasteiger partial charge >= 0.3 is 0 Å². The van der Waals surface area contributed by atoms with E-state index in [4.69, 9.17) is 0 Å². The molecule has 7 nitrogen and oxygen atoms in total. The molecule has 1 saturated heterocycles. The van der Waals surface area contributed by atoms with Crippen molar-refractivity contribution < 1.29 is 18.0 Å². The number of anilines is 1. The van der Waals surface area contributed by atoms with Gasteiger partial charge in [0.15, 0.2) is 0 Å². The molecule has 2 N–H and O–H groups in total. The van der Waals surface area contributed by atoms with E-state index in [-0.39, 0.29) is 22.6 Å². The van der Waals surface area contributed by atoms with Gasteiger partial charge in [0, 0.05) is 30.9 Å². The molecule has 1 unspecified atom stereocenters. The highest BCUT2D eigenvalue weighted by atomic mass is 32.2. The summed E-state index contributed by atoms with van der Waals surface area (Å²) in [5.74, 6) is -0.530. The number of hydrogen-bond donors (Lipinski definition) is 2. The van der Waals surface area contributed by atoms with Crippen LogP contribution >= 0.6 is 0 Å². The number of likely N-dealkylation sites (tertiary alicyclic amines) is 1. The van der Waals surface area contributed by atoms with E-state index in [0.717, 1.165) is 24.8 Å². The molecule has 2 aromatic rings. The molecule has 2 amide bonds. The molecule has 0 saturated carbocycles. The quantitative estimate of drug-likeness (QED) is 0.687. The summed E-state index contributed by atoms with van der Waals surface area (Å²) in [5, 5.41) is 2.89. The van der Waals surface area contributed by atoms with E-state index >= 15 is 0 Å². The first-order valence-electron chi connectivity index (χ1n) is 10.6. The van der Waals surface area contributed by atoms with Crippen LogP contribution in [0.1, 0.15) is 42.1 Å². The van der Waals surface area contributed by atoms with Crippen LogP contribution in [0.3, 0.4) is 0 Å². The van der Waals surface area contributed by atoms with E-state index in [1.54, 1.807) is 35.2 Å². The van der Waals surface area contributed by atoms with E-state index in [0.29, 0.717) is 30.9 Å². The summed E-state index contributed by atoms with van der Waals surface area (Å²) >= 11 is 0. The Morgan fingerprint density at radius 3 is 2.65 bits per heavy atom. The summed E-state index contributed by atoms with van der Waals surface area (Å²) in [6.07, 6.45) is 2.34. The molecule has 2 aromatic carbocycles. The van der Waals surface area contributed by atoms with Gasteiger partial charge in [-0.15, -0.1) is 0 Å². The molecule has 0 spiro atoms. The van der Waals surface area contributed by atoms with Crippen LogP contribution in [0.15, 0.2) is 53.4 Å². The van der Waals surface area contributed by atoms with Crippen molar-refractivity contribution in [3.05, 3.63) is 59.7 Å². The van der Waals surface area contributed by atoms with Gasteiger partial charge < -0.3 is 10.2 Å². The maximum Gasteiger partial charge on any atom is 0.261 e. The van der Waals surface area contributed by atoms with Crippen LogP contribution in [-0.4, -0.2) is 44.8 Å². The number of aryl methyl sites for hydroxylation is 1. The minimum Gasteiger partial charge on any atom is -0.356 e. The zero-order valence-electron chi connectivity index (χ0n) is 17.9. The number of piperidine rings is 1. The summed E-state index contributed by atoms with van der Waals surface area (Å²) in [4.78, 5) is 27.0. The number of nitrogens with zero attached hydrogens (tertiary/aromatic N) is 1. The van der Waals surface area contributed by atoms with E-state index in [2.05, 4.69) is 10.0 Å². The van der Waals surface area contributed by atoms with E-state index in [1.165, 1.54) is 12.1 Å². The molecule has 1 atom stereocenters. The maximum absolute atomic E-state index is 13.0. The molecule has 0 aliphatic carbocycles. The van der Waals surface area contributed by atoms with Crippen LogP contribution in [0.5, 0.6) is 0 Å². The molecule has 8 heteroatoms. The molecule has 166 valence electrons. The lowest BCUT2D eigenvalue weighted by molar-refractivity contribution is -0.126. The predicted octanol–water partition coefficient (Wildman–Crippen LogP) is 3.17. The van der Waals surface area contributed by atoms with Gasteiger partial charge in [-0.3, -0.25) is 14.3 Å². The van der Waals surface area contributed by atoms with Gasteiger partial charge in [0.2, 0.25) is 5.91 Å². The second-order valence-corrected chi connectivity index (χ2v) is 9.57. The number of benzene rings is 2. The first-order valence-corrected chi connectivity index (χ1v) is 12.0. The Hall–Kier alpha value is -2.87. The number of amides is 2. The number of sulfonamides is 1. The highest BCUT2D eigenvalue weighted by Crippen LogP contribution is 2.22. The molecule has 0 bridgehead atoms. The highest BCUT2D eigenvalue weighted by Gasteiger charge is 2.29. The molecule has 1 aliphatic rings. The van der Waals surface area contributed by atoms with Crippen molar-refractivity contribution in [2.24, 2.45) is 5.92 Å². The number of carbonyl (C=O) groups excluding carboxylic acids is 2. The minimum absolute atomic E-state index is 0.0223. The second kappa shape index (κ2) is 9.96. The van der Waals surface area contributed by atoms with Crippen LogP contribution in [0.4, 0.5) is 5.69 Å². The summed E-state index contributed by atoms with van der Waals surface area (Å²) in [5.41, 5.74) is 1.70. The fraction of sp³-hybridized carbons (Fsp3) is 0.391. The SMILES string of the molecule is CCCNC(=O)C1CCCN(C(=O)c2cccc(S(=O)(=O)Nc3cccc(C)c3)c2)C1. The largest absolute Gasteiger partial charge is 0.356 e. The Morgan fingerprint density at radius 2 is 1.90 bits per heavy atom. The first kappa shape index (κ1) is 22.8. The Morgan fingerprint density at radius 1 is 1.13 bits per heavy atom. The lowest BCUT2D eigenvalue weighted by Crippen LogP contribution is -2.45. The van der Waals surface area contributed by atoms with Crippen molar-refractivity contribution >= 4 is 27.5 Å². The van der Waals surface area contributed by atoms with E-state index < -0.39 is 10.0 Å². The number of carbonyl (C=O) groups is 2. The van der Waals surface area contributed by atoms with Gasteiger partial charge in [0.25, 0.3) is 15.9 Å². The standard InChI is InChI=1S/C23H29N3O4S/c1-3-12-24-22(27)19-9-6-13-26(16-19)23(28)18-8-5-11-21(15-18)31(29,30)25-20-10-4-7-17(2)14-20/h4-5,7-8,10-11,14-15,19,25H,3,6,9,12-13,16H2,1-2H3,(H,24,27). The van der Waals surface area contributed by atoms with Crippen molar-refractivity contribution in [3.8, 4) is 0 Å². The third-order valence-electron chi connectivity index (χ3n) is 5.29. The van der Waals surface area contributed by atoms with Gasteiger partial charge in [-0.1, -0.05) is 25.1 Å². The highest BCUT2D eigenvalue weighted by molar-refractivity contribution is 7.92. The molecular formula is C23H29N3O4S. The van der Waals surface area contributed by atoms with Crippen molar-refractivity contribution in [2.75, 3.05) is 24.4 Å². The minimum atomic E-state index is -3.84. The molecule has 1 fully saturated rings. The molecule has 0 radical (unpaired) electrons. The van der Waals surface area contributed by atoms with Crippen molar-refractivity contribution in [3.63, 3.8) is 0 Å². The smallest absolute Gasteiger partial charge is 0.261 e. The number of nitrogens with one attached hydrogen (secondary N) is 2. The molecule has 1 heterocycles. The summed E-state index contributed by atoms with van der Waals surface area (Å²) < 4.78 is 28.2. The lowest BCUT2D eigenvalue weighted by Gasteiger charge is -2.32. The monoisotopic (exact) mass is 443 g/mol. The third-order valence-corrected chi connectivity index (χ3v) is 6.67. The normalized spacial score (nSPS) is 16.6. The molecule has 1 aliphatic heterocycles. The second-order valence-electron chi connectivity index (χ2n) is 7.88. The van der Waals surface area contributed by atoms with Crippen molar-refractivity contribution in [2.45, 2.75) is 38.0 Å². The molecular weight excluding hydrogens is 414 g/mol. The first-order chi connectivity index (χ1) is 14.8. The van der Waals surface area contributed by atoms with Gasteiger partial charge in [0.05, 0.1) is 10.8 Å². The Balaban J connectivity index is 1.74. The number of rotatable bonds is 7. The zero-order valence-corrected chi connectivity index (χ0v) is 18.7. The van der Waals surface area contributed by atoms with Crippen LogP contribution in [0.2, 0.25) is 0 Å². The number of hydrogen-bond acceptors (Lipinski definition) is 4. The molecule has 0 aromatic heterocycles. The van der Waals surface area contributed by atoms with Crippen LogP contribution in [0.25, 0.3) is 0 Å². The lowest BCUT2D eigenvalue weighted by atomic mass is 9.96. The summed E-state index contributed by atoms with van der Waals surface area (Å²) in [6, 6.07) is 13.1. The molecule has 3 rings (SSSR count). The van der Waals surface area contributed by atoms with Gasteiger partial charge in [-0.05, 0) is 62.1 Å². The predicted molar refractivity (Wildman–Crippen MR) is 120 cm³/mol. The van der Waals surface area contributed by atoms with Crippen LogP contribution < -0.4 is 10.0 Å². The summed E-state index contributed by atoms with van der Waals surface area (Å²) in [7, 11) is -3.84. The fourth-order valence-electron chi connectivity index (χ4n) is 3.67. The van der Waals surface area contributed by atoms with Crippen molar-refractivity contribution in [1.29, 1.82) is 0 Å². The Kier molecular flexibility index (Phi) is 7.33. The topological polar surface area (TPSA) is 95.6 Å². The van der Waals surface area contributed by atoms with Crippen LogP contribution in [-0.2, 0) is 14.8 Å². The fourth-order valence-corrected chi connectivity index (χ4v) is 4.76. The van der Waals surface area contributed by atoms with Crippen LogP contribution in [0, 0.1) is 12.8 Å². The van der Waals surface area contributed by atoms with Gasteiger partial charge in [-0.2, -0.15) is 0 Å². The van der Waals surface area contributed by atoms with Gasteiger partial charge in [-0.25, -0.2) is 8.42 Å². The summed E-state index contributed by atoms with van der Waals surface area (Å²) in [6.45, 7) is 5.39. The Bertz CT molecular complexity index is 1050. The third kappa shape index (κ3) is 5.85.